The number of pyridine rings is 1. The van der Waals surface area contributed by atoms with Crippen molar-refractivity contribution < 1.29 is 13.2 Å². The van der Waals surface area contributed by atoms with Gasteiger partial charge >= 0.3 is 6.03 Å². The largest absolute Gasteiger partial charge is 0.382 e. The highest BCUT2D eigenvalue weighted by atomic mass is 32.2. The fourth-order valence-corrected chi connectivity index (χ4v) is 7.03. The lowest BCUT2D eigenvalue weighted by atomic mass is 9.88. The first-order chi connectivity index (χ1) is 17.7. The Balaban J connectivity index is 1.46. The van der Waals surface area contributed by atoms with Gasteiger partial charge in [0.25, 0.3) is 0 Å². The molecule has 10 nitrogen and oxygen atoms in total. The molecule has 2 bridgehead atoms. The summed E-state index contributed by atoms with van der Waals surface area (Å²) in [6.07, 6.45) is 7.38. The summed E-state index contributed by atoms with van der Waals surface area (Å²) in [5.74, 6) is -0.140. The van der Waals surface area contributed by atoms with E-state index in [0.29, 0.717) is 29.7 Å². The van der Waals surface area contributed by atoms with Gasteiger partial charge in [0.2, 0.25) is 0 Å². The number of fused-ring (bicyclic) bond motifs is 3. The van der Waals surface area contributed by atoms with Crippen LogP contribution in [0.4, 0.5) is 10.6 Å². The van der Waals surface area contributed by atoms with Crippen molar-refractivity contribution >= 4 is 27.3 Å². The Morgan fingerprint density at radius 2 is 1.70 bits per heavy atom. The highest BCUT2D eigenvalue weighted by Gasteiger charge is 2.44. The molecule has 1 aromatic carbocycles. The fraction of sp³-hybridized carbons (Fsp3) is 0.308. The molecule has 2 aliphatic rings. The number of primary amides is 1. The van der Waals surface area contributed by atoms with Crippen LogP contribution in [0.5, 0.6) is 0 Å². The summed E-state index contributed by atoms with van der Waals surface area (Å²) < 4.78 is 27.2. The number of rotatable bonds is 4. The number of nitrogens with zero attached hydrogens (tertiary/aromatic N) is 5. The van der Waals surface area contributed by atoms with E-state index < -0.39 is 15.9 Å². The molecule has 2 fully saturated rings. The van der Waals surface area contributed by atoms with Crippen molar-refractivity contribution in [1.29, 1.82) is 0 Å². The van der Waals surface area contributed by atoms with Gasteiger partial charge in [0.1, 0.15) is 10.7 Å². The number of nitrogens with two attached hydrogens (primary N) is 2. The topological polar surface area (TPSA) is 150 Å². The van der Waals surface area contributed by atoms with Crippen molar-refractivity contribution in [3.05, 3.63) is 60.6 Å². The van der Waals surface area contributed by atoms with Crippen LogP contribution in [0.15, 0.2) is 59.8 Å². The van der Waals surface area contributed by atoms with E-state index in [1.165, 1.54) is 4.52 Å². The molecule has 37 heavy (non-hydrogen) atoms. The number of carbonyl (C=O) groups excluding carboxylic acids is 1. The molecule has 3 aromatic heterocycles. The molecule has 2 saturated heterocycles. The molecule has 11 heteroatoms. The third kappa shape index (κ3) is 3.90. The molecular weight excluding hydrogens is 490 g/mol. The molecule has 4 aromatic rings. The van der Waals surface area contributed by atoms with Gasteiger partial charge in [-0.05, 0) is 31.7 Å². The number of urea groups is 1. The van der Waals surface area contributed by atoms with E-state index in [1.54, 1.807) is 17.3 Å². The molecule has 190 valence electrons. The highest BCUT2D eigenvalue weighted by Crippen LogP contribution is 2.45. The van der Waals surface area contributed by atoms with Gasteiger partial charge in [-0.3, -0.25) is 4.98 Å². The molecule has 5 heterocycles. The van der Waals surface area contributed by atoms with E-state index in [2.05, 4.69) is 10.1 Å². The van der Waals surface area contributed by atoms with Crippen LogP contribution in [0.1, 0.15) is 37.3 Å². The maximum atomic E-state index is 12.9. The molecule has 0 saturated carbocycles. The second kappa shape index (κ2) is 8.55. The molecule has 0 aliphatic carbocycles. The molecule has 0 radical (unpaired) electrons. The number of carbonyl (C=O) groups is 1. The van der Waals surface area contributed by atoms with Crippen LogP contribution in [0, 0.1) is 0 Å². The smallest absolute Gasteiger partial charge is 0.315 e. The monoisotopic (exact) mass is 517 g/mol. The SMILES string of the molecule is CS(=O)(=O)c1c([C@H]2CC3CC[C@@H](C2)N3C(N)=O)nc2c(-c3ccc(-c4ccccc4)nc3)cnn2c1N. The number of hydrogen-bond donors (Lipinski definition) is 2. The third-order valence-electron chi connectivity index (χ3n) is 7.55. The molecule has 6 rings (SSSR count). The Labute approximate surface area is 214 Å². The van der Waals surface area contributed by atoms with Crippen LogP contribution < -0.4 is 11.5 Å². The molecule has 0 spiro atoms. The van der Waals surface area contributed by atoms with Crippen LogP contribution in [-0.4, -0.2) is 57.3 Å². The molecule has 3 atom stereocenters. The summed E-state index contributed by atoms with van der Waals surface area (Å²) in [5, 5.41) is 4.38. The predicted octanol–water partition coefficient (Wildman–Crippen LogP) is 3.23. The van der Waals surface area contributed by atoms with Gasteiger partial charge in [-0.25, -0.2) is 18.2 Å². The van der Waals surface area contributed by atoms with Gasteiger partial charge in [0, 0.05) is 47.1 Å². The maximum Gasteiger partial charge on any atom is 0.315 e. The Morgan fingerprint density at radius 1 is 1.00 bits per heavy atom. The zero-order valence-electron chi connectivity index (χ0n) is 20.3. The minimum absolute atomic E-state index is 0.00382. The average molecular weight is 518 g/mol. The Bertz CT molecular complexity index is 1600. The summed E-state index contributed by atoms with van der Waals surface area (Å²) >= 11 is 0. The Kier molecular flexibility index (Phi) is 5.41. The van der Waals surface area contributed by atoms with Crippen molar-refractivity contribution in [2.45, 2.75) is 48.6 Å². The number of hydrogen-bond acceptors (Lipinski definition) is 7. The second-order valence-corrected chi connectivity index (χ2v) is 11.8. The summed E-state index contributed by atoms with van der Waals surface area (Å²) in [7, 11) is -3.71. The number of nitrogen functional groups attached to an aromatic ring is 1. The van der Waals surface area contributed by atoms with Crippen molar-refractivity contribution in [3.8, 4) is 22.4 Å². The minimum atomic E-state index is -3.71. The molecule has 2 aliphatic heterocycles. The minimum Gasteiger partial charge on any atom is -0.382 e. The van der Waals surface area contributed by atoms with E-state index in [-0.39, 0.29) is 28.7 Å². The van der Waals surface area contributed by atoms with E-state index >= 15 is 0 Å². The van der Waals surface area contributed by atoms with Crippen LogP contribution in [0.3, 0.4) is 0 Å². The highest BCUT2D eigenvalue weighted by molar-refractivity contribution is 7.91. The van der Waals surface area contributed by atoms with E-state index in [4.69, 9.17) is 16.5 Å². The Hall–Kier alpha value is -3.99. The second-order valence-electron chi connectivity index (χ2n) is 9.87. The van der Waals surface area contributed by atoms with Crippen molar-refractivity contribution in [3.63, 3.8) is 0 Å². The number of amides is 2. The van der Waals surface area contributed by atoms with E-state index in [9.17, 15) is 13.2 Å². The van der Waals surface area contributed by atoms with Gasteiger partial charge in [-0.1, -0.05) is 36.4 Å². The van der Waals surface area contributed by atoms with Crippen molar-refractivity contribution in [1.82, 2.24) is 24.5 Å². The third-order valence-corrected chi connectivity index (χ3v) is 8.71. The zero-order chi connectivity index (χ0) is 25.9. The normalized spacial score (nSPS) is 21.4. The molecule has 2 amide bonds. The Morgan fingerprint density at radius 3 is 2.30 bits per heavy atom. The van der Waals surface area contributed by atoms with Crippen LogP contribution in [0.25, 0.3) is 28.0 Å². The number of benzene rings is 1. The van der Waals surface area contributed by atoms with Crippen LogP contribution >= 0.6 is 0 Å². The number of sulfone groups is 1. The summed E-state index contributed by atoms with van der Waals surface area (Å²) in [5.41, 5.74) is 16.3. The van der Waals surface area contributed by atoms with Crippen LogP contribution in [-0.2, 0) is 9.84 Å². The number of anilines is 1. The lowest BCUT2D eigenvalue weighted by Gasteiger charge is -2.38. The van der Waals surface area contributed by atoms with Gasteiger partial charge in [0.15, 0.2) is 15.5 Å². The first-order valence-electron chi connectivity index (χ1n) is 12.2. The maximum absolute atomic E-state index is 12.9. The zero-order valence-corrected chi connectivity index (χ0v) is 21.1. The van der Waals surface area contributed by atoms with Crippen molar-refractivity contribution in [2.24, 2.45) is 5.73 Å². The van der Waals surface area contributed by atoms with Gasteiger partial charge in [-0.2, -0.15) is 9.61 Å². The van der Waals surface area contributed by atoms with Crippen molar-refractivity contribution in [2.75, 3.05) is 12.0 Å². The van der Waals surface area contributed by atoms with E-state index in [0.717, 1.165) is 35.9 Å². The van der Waals surface area contributed by atoms with E-state index in [1.807, 2.05) is 42.5 Å². The quantitative estimate of drug-likeness (QED) is 0.422. The first kappa shape index (κ1) is 23.4. The fourth-order valence-electron chi connectivity index (χ4n) is 5.97. The number of aromatic nitrogens is 4. The lowest BCUT2D eigenvalue weighted by Crippen LogP contribution is -2.48. The lowest BCUT2D eigenvalue weighted by molar-refractivity contribution is 0.144. The standard InChI is InChI=1S/C26H27N7O3S/c1-37(35,36)23-22(17-11-18-8-9-19(12-17)32(18)26(28)34)31-25-20(14-30-33(25)24(23)27)16-7-10-21(29-13-16)15-5-3-2-4-6-15/h2-7,10,13-14,17-19H,8-9,11-12,27H2,1H3,(H2,28,34)/t17-,18+,19?/m1/s1. The van der Waals surface area contributed by atoms with Gasteiger partial charge in [0.05, 0.1) is 17.6 Å². The van der Waals surface area contributed by atoms with Gasteiger partial charge < -0.3 is 16.4 Å². The molecular formula is C26H27N7O3S. The summed E-state index contributed by atoms with van der Waals surface area (Å²) in [6.45, 7) is 0. The average Bonchev–Trinajstić information content (AvgIpc) is 3.42. The summed E-state index contributed by atoms with van der Waals surface area (Å²) in [4.78, 5) is 23.2. The molecule has 4 N–H and O–H groups in total. The first-order valence-corrected chi connectivity index (χ1v) is 14.1. The summed E-state index contributed by atoms with van der Waals surface area (Å²) in [6, 6.07) is 13.2. The van der Waals surface area contributed by atoms with Gasteiger partial charge in [-0.15, -0.1) is 0 Å². The number of piperidine rings is 1. The van der Waals surface area contributed by atoms with Crippen LogP contribution in [0.2, 0.25) is 0 Å². The molecule has 1 unspecified atom stereocenters. The predicted molar refractivity (Wildman–Crippen MR) is 139 cm³/mol.